The minimum atomic E-state index is 0.467. The standard InChI is InChI=1S/C14H20N6/c15-5-8-1-2-10-9(8)3-4-11(10)20-7-19-12-13(16)17-6-18-14(12)20/h6-11H,1-5,15H2,(H2,16,17,18). The van der Waals surface area contributed by atoms with E-state index in [1.54, 1.807) is 0 Å². The molecule has 2 aromatic heterocycles. The summed E-state index contributed by atoms with van der Waals surface area (Å²) in [5.41, 5.74) is 13.4. The molecule has 20 heavy (non-hydrogen) atoms. The van der Waals surface area contributed by atoms with Crippen LogP contribution in [0.25, 0.3) is 11.2 Å². The van der Waals surface area contributed by atoms with E-state index < -0.39 is 0 Å². The summed E-state index contributed by atoms with van der Waals surface area (Å²) in [6.45, 7) is 0.827. The molecule has 2 aromatic rings. The van der Waals surface area contributed by atoms with Crippen LogP contribution in [0.2, 0.25) is 0 Å². The largest absolute Gasteiger partial charge is 0.382 e. The minimum Gasteiger partial charge on any atom is -0.382 e. The van der Waals surface area contributed by atoms with Gasteiger partial charge in [-0.25, -0.2) is 15.0 Å². The van der Waals surface area contributed by atoms with Gasteiger partial charge in [-0.15, -0.1) is 0 Å². The number of anilines is 1. The molecule has 2 fully saturated rings. The predicted octanol–water partition coefficient (Wildman–Crippen LogP) is 1.34. The second-order valence-electron chi connectivity index (χ2n) is 6.13. The van der Waals surface area contributed by atoms with Crippen LogP contribution in [0.5, 0.6) is 0 Å². The summed E-state index contributed by atoms with van der Waals surface area (Å²) in [6, 6.07) is 0.496. The maximum atomic E-state index is 5.91. The average Bonchev–Trinajstić information content (AvgIpc) is 3.11. The summed E-state index contributed by atoms with van der Waals surface area (Å²) in [6.07, 6.45) is 8.43. The molecule has 2 aliphatic carbocycles. The van der Waals surface area contributed by atoms with Gasteiger partial charge in [-0.2, -0.15) is 0 Å². The van der Waals surface area contributed by atoms with Gasteiger partial charge in [0.25, 0.3) is 0 Å². The fraction of sp³-hybridized carbons (Fsp3) is 0.643. The summed E-state index contributed by atoms with van der Waals surface area (Å²) in [7, 11) is 0. The van der Waals surface area contributed by atoms with Gasteiger partial charge in [0.15, 0.2) is 11.5 Å². The zero-order chi connectivity index (χ0) is 13.7. The van der Waals surface area contributed by atoms with Crippen LogP contribution in [0.3, 0.4) is 0 Å². The SMILES string of the molecule is NCC1CCC2C1CCC2n1cnc2c(N)ncnc21. The van der Waals surface area contributed by atoms with E-state index in [1.165, 1.54) is 32.0 Å². The Hall–Kier alpha value is -1.69. The lowest BCUT2D eigenvalue weighted by Gasteiger charge is -2.21. The van der Waals surface area contributed by atoms with Crippen LogP contribution in [0, 0.1) is 17.8 Å². The third kappa shape index (κ3) is 1.57. The Morgan fingerprint density at radius 1 is 1.10 bits per heavy atom. The molecule has 4 atom stereocenters. The van der Waals surface area contributed by atoms with Gasteiger partial charge in [-0.3, -0.25) is 0 Å². The van der Waals surface area contributed by atoms with Crippen molar-refractivity contribution in [2.45, 2.75) is 31.7 Å². The van der Waals surface area contributed by atoms with Gasteiger partial charge in [0, 0.05) is 6.04 Å². The molecule has 2 heterocycles. The average molecular weight is 272 g/mol. The molecule has 0 radical (unpaired) electrons. The van der Waals surface area contributed by atoms with E-state index in [4.69, 9.17) is 11.5 Å². The molecule has 4 rings (SSSR count). The summed E-state index contributed by atoms with van der Waals surface area (Å²) in [5.74, 6) is 2.67. The summed E-state index contributed by atoms with van der Waals surface area (Å²) in [5, 5.41) is 0. The number of imidazole rings is 1. The first-order chi connectivity index (χ1) is 9.79. The van der Waals surface area contributed by atoms with Crippen LogP contribution in [0.4, 0.5) is 5.82 Å². The van der Waals surface area contributed by atoms with Gasteiger partial charge in [0.1, 0.15) is 11.8 Å². The number of nitrogen functional groups attached to an aromatic ring is 1. The number of hydrogen-bond acceptors (Lipinski definition) is 5. The van der Waals surface area contributed by atoms with Gasteiger partial charge < -0.3 is 16.0 Å². The molecule has 0 spiro atoms. The fourth-order valence-electron chi connectivity index (χ4n) is 4.44. The van der Waals surface area contributed by atoms with Crippen LogP contribution in [0.15, 0.2) is 12.7 Å². The quantitative estimate of drug-likeness (QED) is 0.860. The van der Waals surface area contributed by atoms with Crippen molar-refractivity contribution in [3.63, 3.8) is 0 Å². The molecule has 0 aromatic carbocycles. The molecule has 0 saturated heterocycles. The van der Waals surface area contributed by atoms with Crippen molar-refractivity contribution in [3.05, 3.63) is 12.7 Å². The molecule has 2 aliphatic rings. The van der Waals surface area contributed by atoms with Crippen LogP contribution < -0.4 is 11.5 Å². The smallest absolute Gasteiger partial charge is 0.165 e. The Bertz CT molecular complexity index is 636. The molecule has 0 bridgehead atoms. The second-order valence-corrected chi connectivity index (χ2v) is 6.13. The lowest BCUT2D eigenvalue weighted by atomic mass is 9.91. The van der Waals surface area contributed by atoms with Gasteiger partial charge in [0.2, 0.25) is 0 Å². The first-order valence-corrected chi connectivity index (χ1v) is 7.42. The van der Waals surface area contributed by atoms with Crippen molar-refractivity contribution in [2.75, 3.05) is 12.3 Å². The van der Waals surface area contributed by atoms with Gasteiger partial charge >= 0.3 is 0 Å². The van der Waals surface area contributed by atoms with E-state index in [-0.39, 0.29) is 0 Å². The van der Waals surface area contributed by atoms with Crippen LogP contribution in [0.1, 0.15) is 31.7 Å². The molecule has 4 unspecified atom stereocenters. The molecule has 6 nitrogen and oxygen atoms in total. The van der Waals surface area contributed by atoms with Crippen molar-refractivity contribution in [1.29, 1.82) is 0 Å². The normalized spacial score (nSPS) is 32.9. The highest BCUT2D eigenvalue weighted by molar-refractivity contribution is 5.81. The Kier molecular flexibility index (Phi) is 2.66. The predicted molar refractivity (Wildman–Crippen MR) is 76.8 cm³/mol. The van der Waals surface area contributed by atoms with Crippen LogP contribution in [-0.2, 0) is 0 Å². The Morgan fingerprint density at radius 3 is 2.80 bits per heavy atom. The Labute approximate surface area is 117 Å². The monoisotopic (exact) mass is 272 g/mol. The highest BCUT2D eigenvalue weighted by Crippen LogP contribution is 2.52. The van der Waals surface area contributed by atoms with Crippen molar-refractivity contribution in [1.82, 2.24) is 19.5 Å². The first kappa shape index (κ1) is 12.1. The maximum Gasteiger partial charge on any atom is 0.165 e. The molecule has 0 amide bonds. The van der Waals surface area contributed by atoms with Gasteiger partial charge in [-0.1, -0.05) is 0 Å². The number of nitrogens with two attached hydrogens (primary N) is 2. The number of hydrogen-bond donors (Lipinski definition) is 2. The fourth-order valence-corrected chi connectivity index (χ4v) is 4.44. The van der Waals surface area contributed by atoms with E-state index in [0.29, 0.717) is 17.8 Å². The zero-order valence-electron chi connectivity index (χ0n) is 11.4. The highest BCUT2D eigenvalue weighted by atomic mass is 15.2. The van der Waals surface area contributed by atoms with Crippen LogP contribution >= 0.6 is 0 Å². The van der Waals surface area contributed by atoms with E-state index in [1.807, 2.05) is 6.33 Å². The van der Waals surface area contributed by atoms with E-state index in [9.17, 15) is 0 Å². The molecular weight excluding hydrogens is 252 g/mol. The molecule has 4 N–H and O–H groups in total. The van der Waals surface area contributed by atoms with E-state index in [0.717, 1.165) is 29.5 Å². The summed E-state index contributed by atoms with van der Waals surface area (Å²) >= 11 is 0. The lowest BCUT2D eigenvalue weighted by Crippen LogP contribution is -2.21. The number of fused-ring (bicyclic) bond motifs is 2. The van der Waals surface area contributed by atoms with Crippen molar-refractivity contribution in [2.24, 2.45) is 23.5 Å². The topological polar surface area (TPSA) is 95.6 Å². The maximum absolute atomic E-state index is 5.91. The van der Waals surface area contributed by atoms with E-state index in [2.05, 4.69) is 19.5 Å². The number of nitrogens with zero attached hydrogens (tertiary/aromatic N) is 4. The van der Waals surface area contributed by atoms with Crippen molar-refractivity contribution in [3.8, 4) is 0 Å². The third-order valence-corrected chi connectivity index (χ3v) is 5.36. The number of rotatable bonds is 2. The van der Waals surface area contributed by atoms with Crippen molar-refractivity contribution >= 4 is 17.0 Å². The molecule has 2 saturated carbocycles. The first-order valence-electron chi connectivity index (χ1n) is 7.42. The Balaban J connectivity index is 1.72. The second kappa shape index (κ2) is 4.41. The summed E-state index contributed by atoms with van der Waals surface area (Å²) < 4.78 is 2.22. The molecule has 0 aliphatic heterocycles. The van der Waals surface area contributed by atoms with Gasteiger partial charge in [0.05, 0.1) is 6.33 Å². The van der Waals surface area contributed by atoms with Gasteiger partial charge in [-0.05, 0) is 50.0 Å². The van der Waals surface area contributed by atoms with E-state index >= 15 is 0 Å². The highest BCUT2D eigenvalue weighted by Gasteiger charge is 2.45. The molecular formula is C14H20N6. The number of aromatic nitrogens is 4. The van der Waals surface area contributed by atoms with Crippen LogP contribution in [-0.4, -0.2) is 26.1 Å². The Morgan fingerprint density at radius 2 is 1.95 bits per heavy atom. The summed E-state index contributed by atoms with van der Waals surface area (Å²) in [4.78, 5) is 12.8. The molecule has 6 heteroatoms. The lowest BCUT2D eigenvalue weighted by molar-refractivity contribution is 0.318. The third-order valence-electron chi connectivity index (χ3n) is 5.36. The minimum absolute atomic E-state index is 0.467. The zero-order valence-corrected chi connectivity index (χ0v) is 11.4. The van der Waals surface area contributed by atoms with Crippen molar-refractivity contribution < 1.29 is 0 Å². The molecule has 106 valence electrons.